The fraction of sp³-hybridized carbons (Fsp3) is 0.233. The predicted octanol–water partition coefficient (Wildman–Crippen LogP) is 6.30. The summed E-state index contributed by atoms with van der Waals surface area (Å²) in [6.07, 6.45) is 4.07. The smallest absolute Gasteiger partial charge is 0.254 e. The summed E-state index contributed by atoms with van der Waals surface area (Å²) in [5, 5.41) is 3.53. The second-order valence-corrected chi connectivity index (χ2v) is 10.1. The first-order valence-corrected chi connectivity index (χ1v) is 12.8. The number of carbonyl (C=O) groups is 2. The Morgan fingerprint density at radius 1 is 0.946 bits per heavy atom. The van der Waals surface area contributed by atoms with E-state index in [1.807, 2.05) is 73.1 Å². The number of anilines is 1. The van der Waals surface area contributed by atoms with E-state index in [9.17, 15) is 9.59 Å². The summed E-state index contributed by atoms with van der Waals surface area (Å²) in [6.45, 7) is 4.57. The molecule has 37 heavy (non-hydrogen) atoms. The molecule has 0 radical (unpaired) electrons. The third kappa shape index (κ3) is 6.09. The summed E-state index contributed by atoms with van der Waals surface area (Å²) in [6, 6.07) is 22.9. The van der Waals surface area contributed by atoms with Crippen molar-refractivity contribution in [3.63, 3.8) is 0 Å². The fourth-order valence-electron chi connectivity index (χ4n) is 4.18. The largest absolute Gasteiger partial charge is 0.329 e. The minimum Gasteiger partial charge on any atom is -0.329 e. The number of nitrogens with one attached hydrogen (secondary N) is 1. The van der Waals surface area contributed by atoms with E-state index in [1.54, 1.807) is 29.2 Å². The summed E-state index contributed by atoms with van der Waals surface area (Å²) in [7, 11) is 0. The lowest BCUT2D eigenvalue weighted by Gasteiger charge is -2.22. The van der Waals surface area contributed by atoms with Crippen molar-refractivity contribution in [2.24, 2.45) is 5.92 Å². The minimum absolute atomic E-state index is 0.0570. The molecule has 188 valence electrons. The molecule has 0 spiro atoms. The van der Waals surface area contributed by atoms with Crippen LogP contribution in [-0.2, 0) is 4.79 Å². The zero-order chi connectivity index (χ0) is 25.9. The first-order chi connectivity index (χ1) is 17.9. The van der Waals surface area contributed by atoms with Crippen LogP contribution in [0, 0.1) is 19.8 Å². The van der Waals surface area contributed by atoms with E-state index in [1.165, 1.54) is 0 Å². The van der Waals surface area contributed by atoms with Crippen molar-refractivity contribution in [2.45, 2.75) is 26.7 Å². The Labute approximate surface area is 221 Å². The van der Waals surface area contributed by atoms with Gasteiger partial charge in [0.15, 0.2) is 0 Å². The van der Waals surface area contributed by atoms with Gasteiger partial charge in [-0.05, 0) is 69.0 Å². The van der Waals surface area contributed by atoms with Gasteiger partial charge in [-0.2, -0.15) is 0 Å². The van der Waals surface area contributed by atoms with Crippen molar-refractivity contribution >= 4 is 29.4 Å². The molecule has 5 rings (SSSR count). The number of nitrogens with zero attached hydrogens (tertiary/aromatic N) is 3. The van der Waals surface area contributed by atoms with Crippen molar-refractivity contribution in [3.05, 3.63) is 101 Å². The van der Waals surface area contributed by atoms with Crippen molar-refractivity contribution < 1.29 is 9.59 Å². The number of halogens is 1. The normalized spacial score (nSPS) is 12.8. The molecule has 1 fully saturated rings. The van der Waals surface area contributed by atoms with Crippen LogP contribution in [-0.4, -0.2) is 39.4 Å². The molecule has 0 unspecified atom stereocenters. The highest BCUT2D eigenvalue weighted by Gasteiger charge is 2.29. The van der Waals surface area contributed by atoms with Gasteiger partial charge in [0.1, 0.15) is 6.54 Å². The second kappa shape index (κ2) is 10.6. The fourth-order valence-corrected chi connectivity index (χ4v) is 4.30. The predicted molar refractivity (Wildman–Crippen MR) is 147 cm³/mol. The van der Waals surface area contributed by atoms with Crippen LogP contribution in [0.25, 0.3) is 16.9 Å². The summed E-state index contributed by atoms with van der Waals surface area (Å²) in [5.41, 5.74) is 5.42. The zero-order valence-corrected chi connectivity index (χ0v) is 21.7. The minimum atomic E-state index is -0.294. The van der Waals surface area contributed by atoms with Crippen molar-refractivity contribution in [2.75, 3.05) is 18.4 Å². The van der Waals surface area contributed by atoms with Crippen LogP contribution in [0.3, 0.4) is 0 Å². The molecule has 6 nitrogen and oxygen atoms in total. The van der Waals surface area contributed by atoms with E-state index < -0.39 is 0 Å². The Morgan fingerprint density at radius 2 is 1.57 bits per heavy atom. The SMILES string of the molecule is Cc1ccc(-c2cn(-c3ccc(C)cc3)c(NC(=O)CN(CC3CC3)C(=O)c3ccc(Cl)cc3)n2)cc1. The monoisotopic (exact) mass is 512 g/mol. The summed E-state index contributed by atoms with van der Waals surface area (Å²) in [4.78, 5) is 32.9. The third-order valence-corrected chi connectivity index (χ3v) is 6.76. The van der Waals surface area contributed by atoms with Crippen LogP contribution in [0.5, 0.6) is 0 Å². The van der Waals surface area contributed by atoms with Crippen LogP contribution in [0.2, 0.25) is 5.02 Å². The third-order valence-electron chi connectivity index (χ3n) is 6.50. The second-order valence-electron chi connectivity index (χ2n) is 9.71. The lowest BCUT2D eigenvalue weighted by atomic mass is 10.1. The molecular formula is C30H29ClN4O2. The quantitative estimate of drug-likeness (QED) is 0.301. The van der Waals surface area contributed by atoms with Gasteiger partial charge >= 0.3 is 0 Å². The molecule has 1 N–H and O–H groups in total. The number of hydrogen-bond acceptors (Lipinski definition) is 3. The van der Waals surface area contributed by atoms with Crippen molar-refractivity contribution in [1.29, 1.82) is 0 Å². The number of imidazole rings is 1. The maximum absolute atomic E-state index is 13.3. The van der Waals surface area contributed by atoms with E-state index in [0.29, 0.717) is 29.0 Å². The molecule has 4 aromatic rings. The Hall–Kier alpha value is -3.90. The zero-order valence-electron chi connectivity index (χ0n) is 20.9. The van der Waals surface area contributed by atoms with Gasteiger partial charge in [0.25, 0.3) is 5.91 Å². The van der Waals surface area contributed by atoms with Crippen molar-refractivity contribution in [3.8, 4) is 16.9 Å². The van der Waals surface area contributed by atoms with E-state index in [0.717, 1.165) is 40.9 Å². The molecule has 3 aromatic carbocycles. The van der Waals surface area contributed by atoms with E-state index in [4.69, 9.17) is 16.6 Å². The van der Waals surface area contributed by atoms with E-state index >= 15 is 0 Å². The number of carbonyl (C=O) groups excluding carboxylic acids is 2. The summed E-state index contributed by atoms with van der Waals surface area (Å²) >= 11 is 5.99. The average Bonchev–Trinajstić information content (AvgIpc) is 3.62. The average molecular weight is 513 g/mol. The van der Waals surface area contributed by atoms with Gasteiger partial charge in [0, 0.05) is 34.6 Å². The number of hydrogen-bond donors (Lipinski definition) is 1. The van der Waals surface area contributed by atoms with E-state index in [2.05, 4.69) is 5.32 Å². The lowest BCUT2D eigenvalue weighted by molar-refractivity contribution is -0.117. The van der Waals surface area contributed by atoms with Crippen LogP contribution >= 0.6 is 11.6 Å². The van der Waals surface area contributed by atoms with Gasteiger partial charge in [-0.3, -0.25) is 19.5 Å². The molecule has 1 heterocycles. The topological polar surface area (TPSA) is 67.2 Å². The molecule has 1 aliphatic rings. The maximum atomic E-state index is 13.3. The van der Waals surface area contributed by atoms with Crippen LogP contribution < -0.4 is 5.32 Å². The molecule has 1 aromatic heterocycles. The highest BCUT2D eigenvalue weighted by molar-refractivity contribution is 6.30. The maximum Gasteiger partial charge on any atom is 0.254 e. The standard InChI is InChI=1S/C30H29ClN4O2/c1-20-3-9-23(10-4-20)27-18-35(26-15-5-21(2)6-16-26)30(32-27)33-28(36)19-34(17-22-7-8-22)29(37)24-11-13-25(31)14-12-24/h3-6,9-16,18,22H,7-8,17,19H2,1-2H3,(H,32,33,36). The Morgan fingerprint density at radius 3 is 2.19 bits per heavy atom. The molecule has 0 saturated heterocycles. The van der Waals surface area contributed by atoms with Gasteiger partial charge in [-0.15, -0.1) is 0 Å². The summed E-state index contributed by atoms with van der Waals surface area (Å²) in [5.74, 6) is 0.375. The Kier molecular flexibility index (Phi) is 7.10. The Bertz CT molecular complexity index is 1410. The molecular weight excluding hydrogens is 484 g/mol. The molecule has 2 amide bonds. The molecule has 0 atom stereocenters. The first-order valence-electron chi connectivity index (χ1n) is 12.4. The highest BCUT2D eigenvalue weighted by atomic mass is 35.5. The van der Waals surface area contributed by atoms with Gasteiger partial charge in [0.05, 0.1) is 5.69 Å². The molecule has 7 heteroatoms. The molecule has 0 bridgehead atoms. The van der Waals surface area contributed by atoms with Crippen molar-refractivity contribution in [1.82, 2.24) is 14.5 Å². The van der Waals surface area contributed by atoms with Crippen LogP contribution in [0.1, 0.15) is 34.3 Å². The summed E-state index contributed by atoms with van der Waals surface area (Å²) < 4.78 is 1.87. The van der Waals surface area contributed by atoms with Gasteiger partial charge in [0.2, 0.25) is 11.9 Å². The number of benzene rings is 3. The highest BCUT2D eigenvalue weighted by Crippen LogP contribution is 2.30. The molecule has 1 saturated carbocycles. The Balaban J connectivity index is 1.40. The van der Waals surface area contributed by atoms with Gasteiger partial charge in [-0.25, -0.2) is 4.98 Å². The van der Waals surface area contributed by atoms with Gasteiger partial charge < -0.3 is 4.90 Å². The molecule has 0 aliphatic heterocycles. The number of rotatable bonds is 8. The first kappa shape index (κ1) is 24.8. The van der Waals surface area contributed by atoms with Gasteiger partial charge in [-0.1, -0.05) is 59.1 Å². The number of amides is 2. The number of aryl methyl sites for hydroxylation is 2. The van der Waals surface area contributed by atoms with Crippen LogP contribution in [0.15, 0.2) is 79.0 Å². The molecule has 1 aliphatic carbocycles. The van der Waals surface area contributed by atoms with E-state index in [-0.39, 0.29) is 18.4 Å². The lowest BCUT2D eigenvalue weighted by Crippen LogP contribution is -2.39. The number of aromatic nitrogens is 2. The van der Waals surface area contributed by atoms with Crippen LogP contribution in [0.4, 0.5) is 5.95 Å².